The Balaban J connectivity index is 2.57. The van der Waals surface area contributed by atoms with E-state index in [2.05, 4.69) is 15.0 Å². The number of hydrazine groups is 1. The van der Waals surface area contributed by atoms with Crippen LogP contribution in [0.15, 0.2) is 29.1 Å². The number of nitrogens with zero attached hydrogens (tertiary/aromatic N) is 3. The Morgan fingerprint density at radius 2 is 2.05 bits per heavy atom. The number of nitrogens with one attached hydrogen (secondary N) is 1. The van der Waals surface area contributed by atoms with Crippen LogP contribution < -0.4 is 16.5 Å². The van der Waals surface area contributed by atoms with E-state index >= 15 is 0 Å². The van der Waals surface area contributed by atoms with Crippen LogP contribution in [0, 0.1) is 0 Å². The van der Waals surface area contributed by atoms with Crippen LogP contribution in [0.25, 0.3) is 11.4 Å². The predicted octanol–water partition coefficient (Wildman–Crippen LogP) is 0.712. The third-order valence-electron chi connectivity index (χ3n) is 2.32. The van der Waals surface area contributed by atoms with Crippen LogP contribution in [0.3, 0.4) is 0 Å². The highest BCUT2D eigenvalue weighted by molar-refractivity contribution is 6.33. The minimum Gasteiger partial charge on any atom is -0.290 e. The van der Waals surface area contributed by atoms with Crippen molar-refractivity contribution < 1.29 is 4.79 Å². The molecule has 1 amide bonds. The number of rotatable bonds is 2. The first kappa shape index (κ1) is 13.2. The summed E-state index contributed by atoms with van der Waals surface area (Å²) in [7, 11) is 0. The number of aromatic amines is 1. The first-order valence-electron chi connectivity index (χ1n) is 5.27. The number of aromatic nitrogens is 3. The number of hydrogen-bond acceptors (Lipinski definition) is 5. The monoisotopic (exact) mass is 279 g/mol. The van der Waals surface area contributed by atoms with Crippen LogP contribution in [0.1, 0.15) is 6.92 Å². The van der Waals surface area contributed by atoms with Crippen LogP contribution in [0.5, 0.6) is 0 Å². The van der Waals surface area contributed by atoms with Gasteiger partial charge in [-0.3, -0.25) is 9.78 Å². The molecule has 1 aromatic carbocycles. The Hall–Kier alpha value is -2.25. The Bertz CT molecular complexity index is 685. The lowest BCUT2D eigenvalue weighted by Gasteiger charge is -2.12. The molecule has 0 fully saturated rings. The SMILES string of the molecule is CC(=O)N(N)c1nc(-c2ccccc2Cl)[nH]c(=O)n1. The van der Waals surface area contributed by atoms with E-state index in [0.29, 0.717) is 15.6 Å². The van der Waals surface area contributed by atoms with Crippen LogP contribution in [-0.2, 0) is 4.79 Å². The molecule has 0 atom stereocenters. The normalized spacial score (nSPS) is 10.3. The van der Waals surface area contributed by atoms with E-state index in [0.717, 1.165) is 0 Å². The molecule has 1 heterocycles. The molecule has 0 unspecified atom stereocenters. The van der Waals surface area contributed by atoms with Gasteiger partial charge in [0, 0.05) is 12.5 Å². The Morgan fingerprint density at radius 3 is 2.68 bits per heavy atom. The molecule has 0 spiro atoms. The number of carbonyl (C=O) groups excluding carboxylic acids is 1. The zero-order valence-corrected chi connectivity index (χ0v) is 10.7. The molecule has 0 saturated heterocycles. The molecule has 98 valence electrons. The van der Waals surface area contributed by atoms with Crippen LogP contribution >= 0.6 is 11.6 Å². The van der Waals surface area contributed by atoms with Crippen LogP contribution in [-0.4, -0.2) is 20.9 Å². The molecule has 7 nitrogen and oxygen atoms in total. The number of halogens is 1. The predicted molar refractivity (Wildman–Crippen MR) is 70.4 cm³/mol. The summed E-state index contributed by atoms with van der Waals surface area (Å²) in [6.07, 6.45) is 0. The second kappa shape index (κ2) is 5.17. The van der Waals surface area contributed by atoms with Crippen molar-refractivity contribution in [3.63, 3.8) is 0 Å². The maximum atomic E-state index is 11.5. The quantitative estimate of drug-likeness (QED) is 0.478. The van der Waals surface area contributed by atoms with Gasteiger partial charge in [0.25, 0.3) is 5.95 Å². The van der Waals surface area contributed by atoms with E-state index in [4.69, 9.17) is 17.4 Å². The van der Waals surface area contributed by atoms with Crippen molar-refractivity contribution in [2.75, 3.05) is 5.01 Å². The average molecular weight is 280 g/mol. The molecule has 2 rings (SSSR count). The Kier molecular flexibility index (Phi) is 3.59. The van der Waals surface area contributed by atoms with Gasteiger partial charge in [0.05, 0.1) is 5.02 Å². The molecule has 2 aromatic rings. The summed E-state index contributed by atoms with van der Waals surface area (Å²) in [5.41, 5.74) is -0.154. The van der Waals surface area contributed by atoms with E-state index in [1.807, 2.05) is 0 Å². The van der Waals surface area contributed by atoms with Crippen LogP contribution in [0.2, 0.25) is 5.02 Å². The molecule has 8 heteroatoms. The van der Waals surface area contributed by atoms with Gasteiger partial charge in [0.2, 0.25) is 5.91 Å². The summed E-state index contributed by atoms with van der Waals surface area (Å²) < 4.78 is 0. The summed E-state index contributed by atoms with van der Waals surface area (Å²) in [4.78, 5) is 32.6. The number of nitrogens with two attached hydrogens (primary N) is 1. The van der Waals surface area contributed by atoms with Gasteiger partial charge in [-0.2, -0.15) is 9.97 Å². The number of carbonyl (C=O) groups is 1. The summed E-state index contributed by atoms with van der Waals surface area (Å²) in [6.45, 7) is 1.24. The minimum absolute atomic E-state index is 0.189. The lowest BCUT2D eigenvalue weighted by atomic mass is 10.2. The third kappa shape index (κ3) is 2.78. The van der Waals surface area contributed by atoms with Crippen molar-refractivity contribution in [1.29, 1.82) is 0 Å². The van der Waals surface area contributed by atoms with E-state index < -0.39 is 11.6 Å². The minimum atomic E-state index is -0.670. The largest absolute Gasteiger partial charge is 0.349 e. The standard InChI is InChI=1S/C11H10ClN5O2/c1-6(18)17(13)10-14-9(15-11(19)16-10)7-4-2-3-5-8(7)12/h2-5H,13H2,1H3,(H,14,15,16,19). The highest BCUT2D eigenvalue weighted by Gasteiger charge is 2.14. The number of amides is 1. The maximum absolute atomic E-state index is 11.5. The Labute approximate surface area is 113 Å². The molecule has 19 heavy (non-hydrogen) atoms. The summed E-state index contributed by atoms with van der Waals surface area (Å²) in [5.74, 6) is 4.98. The van der Waals surface area contributed by atoms with E-state index in [1.165, 1.54) is 6.92 Å². The average Bonchev–Trinajstić information content (AvgIpc) is 2.37. The topological polar surface area (TPSA) is 105 Å². The van der Waals surface area contributed by atoms with E-state index in [1.54, 1.807) is 24.3 Å². The van der Waals surface area contributed by atoms with E-state index in [-0.39, 0.29) is 11.8 Å². The lowest BCUT2D eigenvalue weighted by molar-refractivity contribution is -0.116. The second-order valence-corrected chi connectivity index (χ2v) is 4.08. The first-order chi connectivity index (χ1) is 8.99. The van der Waals surface area contributed by atoms with Crippen LogP contribution in [0.4, 0.5) is 5.95 Å². The summed E-state index contributed by atoms with van der Waals surface area (Å²) >= 11 is 6.01. The number of H-pyrrole nitrogens is 1. The fourth-order valence-corrected chi connectivity index (χ4v) is 1.63. The van der Waals surface area contributed by atoms with Crippen molar-refractivity contribution in [1.82, 2.24) is 15.0 Å². The fourth-order valence-electron chi connectivity index (χ4n) is 1.40. The van der Waals surface area contributed by atoms with Gasteiger partial charge < -0.3 is 0 Å². The van der Waals surface area contributed by atoms with Crippen molar-refractivity contribution in [3.05, 3.63) is 39.8 Å². The van der Waals surface area contributed by atoms with Gasteiger partial charge in [0.15, 0.2) is 0 Å². The van der Waals surface area contributed by atoms with Gasteiger partial charge in [-0.25, -0.2) is 15.6 Å². The van der Waals surface area contributed by atoms with Gasteiger partial charge in [-0.05, 0) is 12.1 Å². The van der Waals surface area contributed by atoms with Crippen molar-refractivity contribution >= 4 is 23.5 Å². The number of hydrogen-bond donors (Lipinski definition) is 2. The maximum Gasteiger partial charge on any atom is 0.349 e. The molecule has 1 aromatic heterocycles. The zero-order valence-electron chi connectivity index (χ0n) is 9.92. The third-order valence-corrected chi connectivity index (χ3v) is 2.65. The van der Waals surface area contributed by atoms with E-state index in [9.17, 15) is 9.59 Å². The Morgan fingerprint density at radius 1 is 1.37 bits per heavy atom. The van der Waals surface area contributed by atoms with Crippen molar-refractivity contribution in [2.24, 2.45) is 5.84 Å². The molecule has 3 N–H and O–H groups in total. The lowest BCUT2D eigenvalue weighted by Crippen LogP contribution is -2.38. The molecule has 0 radical (unpaired) electrons. The van der Waals surface area contributed by atoms with Crippen molar-refractivity contribution in [3.8, 4) is 11.4 Å². The molecule has 0 aliphatic carbocycles. The summed E-state index contributed by atoms with van der Waals surface area (Å²) in [6, 6.07) is 6.82. The molecule has 0 aliphatic heterocycles. The van der Waals surface area contributed by atoms with Crippen molar-refractivity contribution in [2.45, 2.75) is 6.92 Å². The molecular formula is C11H10ClN5O2. The van der Waals surface area contributed by atoms with Gasteiger partial charge in [-0.1, -0.05) is 23.7 Å². The highest BCUT2D eigenvalue weighted by Crippen LogP contribution is 2.24. The van der Waals surface area contributed by atoms with Gasteiger partial charge >= 0.3 is 5.69 Å². The highest BCUT2D eigenvalue weighted by atomic mass is 35.5. The summed E-state index contributed by atoms with van der Waals surface area (Å²) in [5, 5.41) is 1.10. The van der Waals surface area contributed by atoms with Gasteiger partial charge in [0.1, 0.15) is 5.82 Å². The molecule has 0 bridgehead atoms. The number of anilines is 1. The molecule has 0 aliphatic rings. The number of benzene rings is 1. The second-order valence-electron chi connectivity index (χ2n) is 3.67. The molecule has 0 saturated carbocycles. The fraction of sp³-hybridized carbons (Fsp3) is 0.0909. The van der Waals surface area contributed by atoms with Gasteiger partial charge in [-0.15, -0.1) is 0 Å². The first-order valence-corrected chi connectivity index (χ1v) is 5.65. The zero-order chi connectivity index (χ0) is 14.0. The smallest absolute Gasteiger partial charge is 0.290 e. The molecular weight excluding hydrogens is 270 g/mol.